The van der Waals surface area contributed by atoms with Crippen LogP contribution in [0.5, 0.6) is 5.75 Å². The number of fused-ring (bicyclic) bond motifs is 3. The lowest BCUT2D eigenvalue weighted by atomic mass is 9.93. The maximum absolute atomic E-state index is 14.0. The van der Waals surface area contributed by atoms with Gasteiger partial charge in [-0.3, -0.25) is 24.1 Å². The summed E-state index contributed by atoms with van der Waals surface area (Å²) in [7, 11) is 1.44. The van der Waals surface area contributed by atoms with E-state index in [-0.39, 0.29) is 36.0 Å². The Kier molecular flexibility index (Phi) is 7.69. The van der Waals surface area contributed by atoms with Crippen LogP contribution in [-0.4, -0.2) is 45.5 Å². The van der Waals surface area contributed by atoms with Crippen molar-refractivity contribution >= 4 is 23.2 Å². The van der Waals surface area contributed by atoms with E-state index >= 15 is 0 Å². The summed E-state index contributed by atoms with van der Waals surface area (Å²) < 4.78 is 37.6. The molecule has 0 bridgehead atoms. The van der Waals surface area contributed by atoms with E-state index in [0.29, 0.717) is 68.5 Å². The van der Waals surface area contributed by atoms with Crippen LogP contribution >= 0.6 is 11.3 Å². The predicted octanol–water partition coefficient (Wildman–Crippen LogP) is 5.45. The van der Waals surface area contributed by atoms with Crippen molar-refractivity contribution in [2.45, 2.75) is 38.3 Å². The molecule has 5 aromatic rings. The van der Waals surface area contributed by atoms with Gasteiger partial charge in [-0.25, -0.2) is 13.6 Å². The highest BCUT2D eigenvalue weighted by molar-refractivity contribution is 7.17. The minimum atomic E-state index is -0.766. The number of carbonyl (C=O) groups excluding carboxylic acids is 2. The van der Waals surface area contributed by atoms with E-state index in [4.69, 9.17) is 14.2 Å². The maximum Gasteiger partial charge on any atom is 0.439 e. The zero-order valence-corrected chi connectivity index (χ0v) is 25.4. The number of hydrogen-bond acceptors (Lipinski definition) is 8. The second kappa shape index (κ2) is 12.0. The van der Waals surface area contributed by atoms with Gasteiger partial charge in [-0.2, -0.15) is 0 Å². The van der Waals surface area contributed by atoms with Gasteiger partial charge in [0.25, 0.3) is 11.8 Å². The molecule has 13 heteroatoms. The summed E-state index contributed by atoms with van der Waals surface area (Å²) >= 11 is 1.18. The Morgan fingerprint density at radius 2 is 1.87 bits per heavy atom. The third kappa shape index (κ3) is 5.47. The Balaban J connectivity index is 1.30. The number of methoxy groups -OCH3 is 1. The number of rotatable bonds is 9. The number of pyridine rings is 1. The molecule has 2 amide bonds. The molecular formula is C33H27F2N5O5S. The summed E-state index contributed by atoms with van der Waals surface area (Å²) in [6.45, 7) is 0.669. The highest BCUT2D eigenvalue weighted by Crippen LogP contribution is 2.48. The van der Waals surface area contributed by atoms with Crippen molar-refractivity contribution in [2.24, 2.45) is 0 Å². The first kappa shape index (κ1) is 29.5. The zero-order chi connectivity index (χ0) is 31.9. The van der Waals surface area contributed by atoms with Crippen LogP contribution in [0.4, 0.5) is 8.78 Å². The van der Waals surface area contributed by atoms with Gasteiger partial charge in [-0.15, -0.1) is 11.3 Å². The van der Waals surface area contributed by atoms with Crippen LogP contribution < -0.4 is 15.8 Å². The van der Waals surface area contributed by atoms with Crippen molar-refractivity contribution in [3.63, 3.8) is 0 Å². The average Bonchev–Trinajstić information content (AvgIpc) is 3.86. The van der Waals surface area contributed by atoms with Crippen molar-refractivity contribution in [3.8, 4) is 27.6 Å². The molecule has 0 radical (unpaired) electrons. The predicted molar refractivity (Wildman–Crippen MR) is 165 cm³/mol. The molecule has 2 N–H and O–H groups in total. The van der Waals surface area contributed by atoms with Crippen molar-refractivity contribution in [3.05, 3.63) is 110 Å². The summed E-state index contributed by atoms with van der Waals surface area (Å²) in [6.07, 6.45) is 2.53. The second-order valence-electron chi connectivity index (χ2n) is 11.1. The molecule has 2 aliphatic rings. The van der Waals surface area contributed by atoms with E-state index in [9.17, 15) is 23.2 Å². The van der Waals surface area contributed by atoms with Crippen LogP contribution in [0.25, 0.3) is 21.8 Å². The van der Waals surface area contributed by atoms with E-state index in [1.807, 2.05) is 4.90 Å². The number of aryl methyl sites for hydroxylation is 2. The number of benzene rings is 2. The molecule has 5 heterocycles. The molecule has 46 heavy (non-hydrogen) atoms. The number of halogens is 2. The Hall–Kier alpha value is -5.17. The number of ether oxygens (including phenoxy) is 1. The normalized spacial score (nSPS) is 15.2. The molecule has 1 atom stereocenters. The van der Waals surface area contributed by atoms with Gasteiger partial charge in [0.05, 0.1) is 40.5 Å². The maximum atomic E-state index is 14.0. The molecule has 1 unspecified atom stereocenters. The molecule has 1 fully saturated rings. The molecule has 10 nitrogen and oxygen atoms in total. The van der Waals surface area contributed by atoms with Crippen molar-refractivity contribution in [1.29, 1.82) is 0 Å². The Morgan fingerprint density at radius 3 is 2.63 bits per heavy atom. The van der Waals surface area contributed by atoms with Crippen molar-refractivity contribution < 1.29 is 27.6 Å². The number of nitrogens with zero attached hydrogens (tertiary/aromatic N) is 3. The molecular weight excluding hydrogens is 616 g/mol. The van der Waals surface area contributed by atoms with Gasteiger partial charge in [0.15, 0.2) is 5.82 Å². The molecule has 0 aliphatic carbocycles. The molecule has 1 saturated heterocycles. The lowest BCUT2D eigenvalue weighted by molar-refractivity contribution is 0.0776. The lowest BCUT2D eigenvalue weighted by Crippen LogP contribution is -2.23. The van der Waals surface area contributed by atoms with Gasteiger partial charge in [0, 0.05) is 29.6 Å². The summed E-state index contributed by atoms with van der Waals surface area (Å²) in [6, 6.07) is 13.6. The fourth-order valence-electron chi connectivity index (χ4n) is 6.19. The van der Waals surface area contributed by atoms with Crippen LogP contribution in [0, 0.1) is 11.6 Å². The monoisotopic (exact) mass is 643 g/mol. The molecule has 7 rings (SSSR count). The number of nitrogens with one attached hydrogen (secondary N) is 2. The third-order valence-corrected chi connectivity index (χ3v) is 9.38. The third-order valence-electron chi connectivity index (χ3n) is 8.28. The number of hydrogen-bond donors (Lipinski definition) is 2. The summed E-state index contributed by atoms with van der Waals surface area (Å²) in [5.41, 5.74) is 4.01. The Bertz CT molecular complexity index is 2040. The van der Waals surface area contributed by atoms with Crippen LogP contribution in [-0.2, 0) is 19.4 Å². The number of aromatic nitrogens is 3. The van der Waals surface area contributed by atoms with Gasteiger partial charge < -0.3 is 15.0 Å². The van der Waals surface area contributed by atoms with Gasteiger partial charge in [-0.05, 0) is 73.2 Å². The van der Waals surface area contributed by atoms with E-state index < -0.39 is 11.6 Å². The number of aromatic amines is 1. The molecule has 0 spiro atoms. The van der Waals surface area contributed by atoms with Crippen LogP contribution in [0.2, 0.25) is 0 Å². The molecule has 2 aromatic carbocycles. The smallest absolute Gasteiger partial charge is 0.439 e. The van der Waals surface area contributed by atoms with Gasteiger partial charge in [0.1, 0.15) is 17.4 Å². The summed E-state index contributed by atoms with van der Waals surface area (Å²) in [5.74, 6) is -1.68. The molecule has 234 valence electrons. The summed E-state index contributed by atoms with van der Waals surface area (Å²) in [4.78, 5) is 49.7. The number of thiophene rings is 1. The largest absolute Gasteiger partial charge is 0.497 e. The fourth-order valence-corrected chi connectivity index (χ4v) is 7.17. The van der Waals surface area contributed by atoms with E-state index in [1.54, 1.807) is 30.3 Å². The highest BCUT2D eigenvalue weighted by Gasteiger charge is 2.44. The average molecular weight is 644 g/mol. The lowest BCUT2D eigenvalue weighted by Gasteiger charge is -2.16. The molecule has 0 saturated carbocycles. The Morgan fingerprint density at radius 1 is 1.04 bits per heavy atom. The van der Waals surface area contributed by atoms with Crippen LogP contribution in [0.15, 0.2) is 63.9 Å². The van der Waals surface area contributed by atoms with Crippen molar-refractivity contribution in [2.75, 3.05) is 13.7 Å². The topological polar surface area (TPSA) is 130 Å². The van der Waals surface area contributed by atoms with Crippen molar-refractivity contribution in [1.82, 2.24) is 25.3 Å². The first-order valence-corrected chi connectivity index (χ1v) is 15.5. The quantitative estimate of drug-likeness (QED) is 0.219. The number of carbonyl (C=O) groups is 2. The molecule has 2 aliphatic heterocycles. The molecule has 3 aromatic heterocycles. The second-order valence-corrected chi connectivity index (χ2v) is 12.2. The summed E-state index contributed by atoms with van der Waals surface area (Å²) in [5, 5.41) is 6.79. The van der Waals surface area contributed by atoms with E-state index in [1.165, 1.54) is 42.7 Å². The Labute approximate surface area is 265 Å². The van der Waals surface area contributed by atoms with E-state index in [0.717, 1.165) is 18.4 Å². The standard InChI is InChI=1S/C33H27F2N5O5S/c1-44-21-14-18(13-20(35)15-21)16-36-31(41)25-11-10-24(46-25)27-26(30-38-33(43)45-39-30)22(9-6-17-4-7-19(34)8-5-17)37-29-23-3-2-12-40(23)32(42)28(27)29/h4-5,7-8,10-11,13-15,23H,2-3,6,9,12,16H2,1H3,(H,36,41)(H,38,39,43). The van der Waals surface area contributed by atoms with Gasteiger partial charge in [-0.1, -0.05) is 17.3 Å². The fraction of sp³-hybridized carbons (Fsp3) is 0.242. The minimum Gasteiger partial charge on any atom is -0.497 e. The SMILES string of the molecule is COc1cc(F)cc(CNC(=O)c2ccc(-c3c4c(nc(CCc5ccc(F)cc5)c3-c3noc(=O)[nH]3)C3CCCN3C4=O)s2)c1. The van der Waals surface area contributed by atoms with Gasteiger partial charge in [0.2, 0.25) is 0 Å². The van der Waals surface area contributed by atoms with Gasteiger partial charge >= 0.3 is 5.76 Å². The number of amides is 2. The highest BCUT2D eigenvalue weighted by atomic mass is 32.1. The zero-order valence-electron chi connectivity index (χ0n) is 24.6. The van der Waals surface area contributed by atoms with Crippen LogP contribution in [0.1, 0.15) is 61.4 Å². The van der Waals surface area contributed by atoms with Crippen LogP contribution in [0.3, 0.4) is 0 Å². The van der Waals surface area contributed by atoms with E-state index in [2.05, 4.69) is 15.5 Å². The minimum absolute atomic E-state index is 0.0684. The first-order valence-electron chi connectivity index (χ1n) is 14.7. The first-order chi connectivity index (χ1) is 22.3. The number of H-pyrrole nitrogens is 1.